The van der Waals surface area contributed by atoms with Gasteiger partial charge in [0.05, 0.1) is 0 Å². The van der Waals surface area contributed by atoms with E-state index in [1.807, 2.05) is 0 Å². The Labute approximate surface area is 82.9 Å². The molecule has 0 aliphatic carbocycles. The Hall–Kier alpha value is -0.0800. The molecule has 1 rings (SSSR count). The van der Waals surface area contributed by atoms with Crippen molar-refractivity contribution in [2.75, 3.05) is 26.2 Å². The second kappa shape index (κ2) is 3.97. The first-order valence-electron chi connectivity index (χ1n) is 5.53. The van der Waals surface area contributed by atoms with Crippen molar-refractivity contribution in [3.63, 3.8) is 0 Å². The molecule has 78 valence electrons. The molecule has 0 radical (unpaired) electrons. The zero-order valence-corrected chi connectivity index (χ0v) is 9.80. The summed E-state index contributed by atoms with van der Waals surface area (Å²) in [6, 6.07) is 0.672. The van der Waals surface area contributed by atoms with Crippen molar-refractivity contribution < 1.29 is 0 Å². The highest BCUT2D eigenvalue weighted by Crippen LogP contribution is 2.26. The summed E-state index contributed by atoms with van der Waals surface area (Å²) in [4.78, 5) is 5.16. The third-order valence-corrected chi connectivity index (χ3v) is 3.83. The first kappa shape index (κ1) is 11.0. The van der Waals surface area contributed by atoms with Crippen LogP contribution in [-0.4, -0.2) is 47.6 Å². The van der Waals surface area contributed by atoms with E-state index in [4.69, 9.17) is 0 Å². The van der Waals surface area contributed by atoms with Gasteiger partial charge in [0.25, 0.3) is 0 Å². The van der Waals surface area contributed by atoms with E-state index in [-0.39, 0.29) is 0 Å². The minimum absolute atomic E-state index is 0.336. The molecule has 0 aromatic carbocycles. The number of piperazine rings is 1. The summed E-state index contributed by atoms with van der Waals surface area (Å²) < 4.78 is 0. The fraction of sp³-hybridized carbons (Fsp3) is 1.00. The number of likely N-dealkylation sites (N-methyl/N-ethyl adjacent to an activating group) is 2. The molecule has 1 atom stereocenters. The standard InChI is InChI=1S/C11H24N2/c1-6-12-8-9-13(7-2)11(4,5)10(12)3/h10H,6-9H2,1-5H3. The summed E-state index contributed by atoms with van der Waals surface area (Å²) in [5.74, 6) is 0. The molecular formula is C11H24N2. The van der Waals surface area contributed by atoms with E-state index < -0.39 is 0 Å². The van der Waals surface area contributed by atoms with Gasteiger partial charge in [-0.25, -0.2) is 0 Å². The Bertz CT molecular complexity index is 165. The van der Waals surface area contributed by atoms with Crippen LogP contribution in [0, 0.1) is 0 Å². The van der Waals surface area contributed by atoms with Gasteiger partial charge in [0.15, 0.2) is 0 Å². The highest BCUT2D eigenvalue weighted by atomic mass is 15.3. The number of hydrogen-bond donors (Lipinski definition) is 0. The summed E-state index contributed by atoms with van der Waals surface area (Å²) in [7, 11) is 0. The molecule has 0 aromatic rings. The lowest BCUT2D eigenvalue weighted by molar-refractivity contribution is -0.0200. The minimum Gasteiger partial charge on any atom is -0.298 e. The quantitative estimate of drug-likeness (QED) is 0.646. The van der Waals surface area contributed by atoms with E-state index in [0.717, 1.165) is 0 Å². The Morgan fingerprint density at radius 1 is 1.15 bits per heavy atom. The second-order valence-electron chi connectivity index (χ2n) is 4.54. The molecule has 1 heterocycles. The molecule has 0 aromatic heterocycles. The van der Waals surface area contributed by atoms with E-state index in [1.165, 1.54) is 26.2 Å². The van der Waals surface area contributed by atoms with Crippen molar-refractivity contribution in [3.8, 4) is 0 Å². The van der Waals surface area contributed by atoms with Crippen molar-refractivity contribution in [2.45, 2.75) is 46.2 Å². The molecule has 1 aliphatic rings. The molecule has 2 heteroatoms. The third kappa shape index (κ3) is 1.89. The smallest absolute Gasteiger partial charge is 0.0306 e. The van der Waals surface area contributed by atoms with Gasteiger partial charge < -0.3 is 0 Å². The molecule has 0 spiro atoms. The van der Waals surface area contributed by atoms with Crippen LogP contribution in [0.1, 0.15) is 34.6 Å². The van der Waals surface area contributed by atoms with Crippen molar-refractivity contribution in [1.82, 2.24) is 9.80 Å². The van der Waals surface area contributed by atoms with Gasteiger partial charge >= 0.3 is 0 Å². The minimum atomic E-state index is 0.336. The van der Waals surface area contributed by atoms with Crippen LogP contribution in [-0.2, 0) is 0 Å². The molecule has 1 saturated heterocycles. The van der Waals surface area contributed by atoms with Crippen molar-refractivity contribution in [3.05, 3.63) is 0 Å². The molecule has 1 aliphatic heterocycles. The maximum absolute atomic E-state index is 2.59. The van der Waals surface area contributed by atoms with Crippen molar-refractivity contribution in [1.29, 1.82) is 0 Å². The summed E-state index contributed by atoms with van der Waals surface area (Å²) in [6.45, 7) is 16.4. The van der Waals surface area contributed by atoms with Crippen LogP contribution in [0.5, 0.6) is 0 Å². The van der Waals surface area contributed by atoms with Crippen LogP contribution in [0.15, 0.2) is 0 Å². The molecule has 2 nitrogen and oxygen atoms in total. The lowest BCUT2D eigenvalue weighted by atomic mass is 9.89. The number of rotatable bonds is 2. The van der Waals surface area contributed by atoms with Crippen molar-refractivity contribution in [2.24, 2.45) is 0 Å². The molecule has 0 amide bonds. The molecule has 1 fully saturated rings. The maximum Gasteiger partial charge on any atom is 0.0306 e. The summed E-state index contributed by atoms with van der Waals surface area (Å²) >= 11 is 0. The monoisotopic (exact) mass is 184 g/mol. The lowest BCUT2D eigenvalue weighted by Gasteiger charge is -2.51. The second-order valence-corrected chi connectivity index (χ2v) is 4.54. The Balaban J connectivity index is 2.72. The number of nitrogens with zero attached hydrogens (tertiary/aromatic N) is 2. The zero-order chi connectivity index (χ0) is 10.1. The first-order valence-corrected chi connectivity index (χ1v) is 5.53. The Morgan fingerprint density at radius 3 is 2.23 bits per heavy atom. The predicted octanol–water partition coefficient (Wildman–Crippen LogP) is 1.81. The third-order valence-electron chi connectivity index (χ3n) is 3.83. The fourth-order valence-electron chi connectivity index (χ4n) is 2.44. The topological polar surface area (TPSA) is 6.48 Å². The van der Waals surface area contributed by atoms with Gasteiger partial charge in [-0.3, -0.25) is 9.80 Å². The van der Waals surface area contributed by atoms with Gasteiger partial charge in [-0.05, 0) is 33.9 Å². The number of hydrogen-bond acceptors (Lipinski definition) is 2. The molecule has 1 unspecified atom stereocenters. The highest BCUT2D eigenvalue weighted by molar-refractivity contribution is 4.95. The van der Waals surface area contributed by atoms with E-state index in [0.29, 0.717) is 11.6 Å². The van der Waals surface area contributed by atoms with Crippen LogP contribution >= 0.6 is 0 Å². The van der Waals surface area contributed by atoms with Crippen LogP contribution < -0.4 is 0 Å². The molecular weight excluding hydrogens is 160 g/mol. The highest BCUT2D eigenvalue weighted by Gasteiger charge is 2.38. The predicted molar refractivity (Wildman–Crippen MR) is 58.0 cm³/mol. The van der Waals surface area contributed by atoms with E-state index in [1.54, 1.807) is 0 Å². The van der Waals surface area contributed by atoms with Crippen LogP contribution in [0.4, 0.5) is 0 Å². The van der Waals surface area contributed by atoms with Gasteiger partial charge in [0.1, 0.15) is 0 Å². The van der Waals surface area contributed by atoms with Gasteiger partial charge in [-0.1, -0.05) is 13.8 Å². The van der Waals surface area contributed by atoms with Crippen LogP contribution in [0.2, 0.25) is 0 Å². The maximum atomic E-state index is 2.59. The summed E-state index contributed by atoms with van der Waals surface area (Å²) in [5.41, 5.74) is 0.336. The van der Waals surface area contributed by atoms with Gasteiger partial charge in [-0.2, -0.15) is 0 Å². The Morgan fingerprint density at radius 2 is 1.77 bits per heavy atom. The van der Waals surface area contributed by atoms with Gasteiger partial charge in [0.2, 0.25) is 0 Å². The van der Waals surface area contributed by atoms with E-state index >= 15 is 0 Å². The summed E-state index contributed by atoms with van der Waals surface area (Å²) in [5, 5.41) is 0. The van der Waals surface area contributed by atoms with Crippen LogP contribution in [0.25, 0.3) is 0 Å². The molecule has 0 bridgehead atoms. The normalized spacial score (nSPS) is 30.7. The summed E-state index contributed by atoms with van der Waals surface area (Å²) in [6.07, 6.45) is 0. The molecule has 0 saturated carbocycles. The average Bonchev–Trinajstić information content (AvgIpc) is 2.09. The van der Waals surface area contributed by atoms with E-state index in [9.17, 15) is 0 Å². The fourth-order valence-corrected chi connectivity index (χ4v) is 2.44. The largest absolute Gasteiger partial charge is 0.298 e. The SMILES string of the molecule is CCN1CCN(CC)C(C)(C)C1C. The average molecular weight is 184 g/mol. The van der Waals surface area contributed by atoms with Crippen molar-refractivity contribution >= 4 is 0 Å². The molecule has 13 heavy (non-hydrogen) atoms. The molecule has 0 N–H and O–H groups in total. The van der Waals surface area contributed by atoms with Crippen LogP contribution in [0.3, 0.4) is 0 Å². The first-order chi connectivity index (χ1) is 6.04. The van der Waals surface area contributed by atoms with E-state index in [2.05, 4.69) is 44.4 Å². The Kier molecular flexibility index (Phi) is 3.36. The van der Waals surface area contributed by atoms with Gasteiger partial charge in [0, 0.05) is 24.7 Å². The lowest BCUT2D eigenvalue weighted by Crippen LogP contribution is -2.64. The van der Waals surface area contributed by atoms with Gasteiger partial charge in [-0.15, -0.1) is 0 Å². The zero-order valence-electron chi connectivity index (χ0n) is 9.80.